The summed E-state index contributed by atoms with van der Waals surface area (Å²) in [5.41, 5.74) is 1.58. The monoisotopic (exact) mass is 1010 g/mol. The Morgan fingerprint density at radius 1 is 0.507 bits per heavy atom. The summed E-state index contributed by atoms with van der Waals surface area (Å²) in [6.07, 6.45) is 4.14. The van der Waals surface area contributed by atoms with Gasteiger partial charge in [0.25, 0.3) is 5.78 Å². The van der Waals surface area contributed by atoms with Gasteiger partial charge in [0.05, 0.1) is 6.04 Å². The highest BCUT2D eigenvalue weighted by atomic mass is 16.6. The van der Waals surface area contributed by atoms with E-state index in [0.717, 1.165) is 17.5 Å². The zero-order valence-electron chi connectivity index (χ0n) is 41.4. The van der Waals surface area contributed by atoms with Gasteiger partial charge in [0.1, 0.15) is 23.7 Å². The van der Waals surface area contributed by atoms with Crippen molar-refractivity contribution in [2.75, 3.05) is 19.6 Å². The van der Waals surface area contributed by atoms with E-state index >= 15 is 0 Å². The number of hydrogen-bond donors (Lipinski definition) is 11. The largest absolute Gasteiger partial charge is 0.481 e. The van der Waals surface area contributed by atoms with Gasteiger partial charge in [-0.1, -0.05) is 49.1 Å². The Morgan fingerprint density at radius 3 is 1.55 bits per heavy atom. The van der Waals surface area contributed by atoms with Crippen LogP contribution < -0.4 is 37.2 Å². The molecule has 23 heteroatoms. The fourth-order valence-electron chi connectivity index (χ4n) is 6.87. The number of ether oxygens (including phenoxy) is 1. The van der Waals surface area contributed by atoms with E-state index in [1.165, 1.54) is 0 Å². The summed E-state index contributed by atoms with van der Waals surface area (Å²) in [6.45, 7) is 7.92. The molecule has 0 heterocycles. The lowest BCUT2D eigenvalue weighted by atomic mass is 10.0. The summed E-state index contributed by atoms with van der Waals surface area (Å²) in [6, 6.07) is 1.30. The topological polar surface area (TPSA) is 362 Å². The maximum atomic E-state index is 13.6. The first-order valence-electron chi connectivity index (χ1n) is 24.1. The molecule has 0 saturated heterocycles. The molecule has 0 radical (unpaired) electrons. The molecule has 0 aliphatic carbocycles. The van der Waals surface area contributed by atoms with Crippen molar-refractivity contribution in [1.82, 2.24) is 37.2 Å². The molecule has 1 aromatic carbocycles. The van der Waals surface area contributed by atoms with Crippen LogP contribution in [0.2, 0.25) is 0 Å². The average molecular weight is 1010 g/mol. The Morgan fingerprint density at radius 2 is 1.00 bits per heavy atom. The highest BCUT2D eigenvalue weighted by Crippen LogP contribution is 2.12. The number of hydrogen-bond acceptors (Lipinski definition) is 12. The Bertz CT molecular complexity index is 1920. The van der Waals surface area contributed by atoms with E-state index < -0.39 is 102 Å². The van der Waals surface area contributed by atoms with Crippen LogP contribution in [0.5, 0.6) is 0 Å². The molecular formula is C48H75N7O16. The normalized spacial score (nSPS) is 12.7. The van der Waals surface area contributed by atoms with E-state index in [0.29, 0.717) is 77.2 Å². The van der Waals surface area contributed by atoms with Crippen molar-refractivity contribution in [3.8, 4) is 0 Å². The summed E-state index contributed by atoms with van der Waals surface area (Å²) in [7, 11) is 0. The first-order valence-corrected chi connectivity index (χ1v) is 24.1. The molecule has 0 aliphatic heterocycles. The molecule has 4 unspecified atom stereocenters. The minimum atomic E-state index is -1.73. The zero-order valence-corrected chi connectivity index (χ0v) is 41.4. The van der Waals surface area contributed by atoms with Crippen molar-refractivity contribution < 1.29 is 77.9 Å². The van der Waals surface area contributed by atoms with Gasteiger partial charge in [-0.2, -0.15) is 0 Å². The SMILES string of the molecule is Cc1ccc(CCCC(=O)NCCCCC(NC(=O)C(CCCCNC(=O)OC(C)(C)C)NC(=O)CCCCCCCNC(=O)CCC(NC(=O)NC(CCC(=O)O)C(=O)O)C(=O)O)C(=O)C(=O)O)cc1. The van der Waals surface area contributed by atoms with Crippen molar-refractivity contribution in [1.29, 1.82) is 0 Å². The number of urea groups is 1. The fourth-order valence-corrected chi connectivity index (χ4v) is 6.87. The van der Waals surface area contributed by atoms with Crippen LogP contribution in [0.3, 0.4) is 0 Å². The summed E-state index contributed by atoms with van der Waals surface area (Å²) in [5.74, 6) is -9.03. The highest BCUT2D eigenvalue weighted by Gasteiger charge is 2.30. The maximum Gasteiger partial charge on any atom is 0.407 e. The molecule has 0 saturated carbocycles. The quantitative estimate of drug-likeness (QED) is 0.0337. The van der Waals surface area contributed by atoms with E-state index in [1.54, 1.807) is 20.8 Å². The first kappa shape index (κ1) is 62.2. The lowest BCUT2D eigenvalue weighted by molar-refractivity contribution is -0.150. The number of nitrogens with one attached hydrogen (secondary N) is 7. The summed E-state index contributed by atoms with van der Waals surface area (Å²) < 4.78 is 5.23. The van der Waals surface area contributed by atoms with Crippen LogP contribution in [-0.2, 0) is 54.3 Å². The summed E-state index contributed by atoms with van der Waals surface area (Å²) >= 11 is 0. The number of aryl methyl sites for hydroxylation is 2. The lowest BCUT2D eigenvalue weighted by Crippen LogP contribution is -2.52. The Balaban J connectivity index is 2.63. The molecule has 0 spiro atoms. The number of unbranched alkanes of at least 4 members (excludes halogenated alkanes) is 6. The number of carboxylic acids is 4. The Kier molecular flexibility index (Phi) is 30.2. The molecule has 11 N–H and O–H groups in total. The van der Waals surface area contributed by atoms with Crippen molar-refractivity contribution in [2.45, 2.75) is 179 Å². The molecular weight excluding hydrogens is 931 g/mol. The predicted molar refractivity (Wildman–Crippen MR) is 257 cm³/mol. The smallest absolute Gasteiger partial charge is 0.407 e. The van der Waals surface area contributed by atoms with Crippen LogP contribution in [0.1, 0.15) is 147 Å². The number of amides is 7. The third-order valence-electron chi connectivity index (χ3n) is 10.7. The fraction of sp³-hybridized carbons (Fsp3) is 0.646. The molecule has 398 valence electrons. The minimum absolute atomic E-state index is 0.0229. The molecule has 4 atom stereocenters. The van der Waals surface area contributed by atoms with E-state index in [1.807, 2.05) is 36.5 Å². The second-order valence-electron chi connectivity index (χ2n) is 18.2. The summed E-state index contributed by atoms with van der Waals surface area (Å²) in [4.78, 5) is 134. The number of aliphatic carboxylic acids is 4. The standard InChI is InChI=1S/C48H75N7O16/c1-31-20-22-32(23-21-31)15-14-19-37(56)49-29-12-9-16-33(41(61)45(67)68)53-42(62)34(17-10-13-30-51-47(70)71-48(2,3)4)52-39(58)18-8-6-5-7-11-28-50-38(57)26-24-35(43(63)64)54-46(69)55-36(44(65)66)25-27-40(59)60/h20-23,33-36H,5-19,24-30H2,1-4H3,(H,49,56)(H,50,57)(H,51,70)(H,52,58)(H,53,62)(H,59,60)(H,63,64)(H,65,66)(H,67,68)(H2,54,55,69). The second kappa shape index (κ2) is 34.5. The molecule has 0 fully saturated rings. The van der Waals surface area contributed by atoms with Crippen LogP contribution in [-0.4, -0.2) is 135 Å². The molecule has 0 bridgehead atoms. The van der Waals surface area contributed by atoms with Gasteiger partial charge in [-0.3, -0.25) is 28.8 Å². The Hall–Kier alpha value is -6.81. The third kappa shape index (κ3) is 31.1. The van der Waals surface area contributed by atoms with Crippen molar-refractivity contribution in [3.63, 3.8) is 0 Å². The first-order chi connectivity index (χ1) is 33.5. The van der Waals surface area contributed by atoms with E-state index in [9.17, 15) is 68.1 Å². The maximum absolute atomic E-state index is 13.6. The van der Waals surface area contributed by atoms with Gasteiger partial charge in [0.15, 0.2) is 0 Å². The molecule has 1 rings (SSSR count). The molecule has 0 aliphatic rings. The van der Waals surface area contributed by atoms with Gasteiger partial charge in [0.2, 0.25) is 23.6 Å². The third-order valence-corrected chi connectivity index (χ3v) is 10.7. The Labute approximate surface area is 414 Å². The number of benzene rings is 1. The number of carbonyl (C=O) groups excluding carboxylic acids is 7. The van der Waals surface area contributed by atoms with E-state index in [-0.39, 0.29) is 51.1 Å². The van der Waals surface area contributed by atoms with E-state index in [4.69, 9.17) is 9.84 Å². The summed E-state index contributed by atoms with van der Waals surface area (Å²) in [5, 5.41) is 54.3. The number of carbonyl (C=O) groups is 11. The number of Topliss-reactive ketones (excluding diaryl/α,β-unsaturated/α-hetero) is 1. The van der Waals surface area contributed by atoms with Crippen LogP contribution in [0, 0.1) is 6.92 Å². The van der Waals surface area contributed by atoms with Gasteiger partial charge in [-0.05, 0) is 110 Å². The van der Waals surface area contributed by atoms with Crippen LogP contribution in [0.15, 0.2) is 24.3 Å². The molecule has 0 aromatic heterocycles. The predicted octanol–water partition coefficient (Wildman–Crippen LogP) is 3.23. The van der Waals surface area contributed by atoms with Crippen molar-refractivity contribution in [3.05, 3.63) is 35.4 Å². The lowest BCUT2D eigenvalue weighted by Gasteiger charge is -2.22. The van der Waals surface area contributed by atoms with Crippen molar-refractivity contribution >= 4 is 65.4 Å². The van der Waals surface area contributed by atoms with Gasteiger partial charge in [-0.25, -0.2) is 24.0 Å². The molecule has 71 heavy (non-hydrogen) atoms. The number of rotatable bonds is 37. The van der Waals surface area contributed by atoms with Crippen LogP contribution >= 0.6 is 0 Å². The van der Waals surface area contributed by atoms with E-state index in [2.05, 4.69) is 31.9 Å². The van der Waals surface area contributed by atoms with Crippen molar-refractivity contribution in [2.24, 2.45) is 0 Å². The van der Waals surface area contributed by atoms with Gasteiger partial charge < -0.3 is 62.4 Å². The number of carboxylic acid groups (broad SMARTS) is 4. The average Bonchev–Trinajstić information content (AvgIpc) is 3.28. The van der Waals surface area contributed by atoms with Gasteiger partial charge >= 0.3 is 36.0 Å². The van der Waals surface area contributed by atoms with Crippen LogP contribution in [0.4, 0.5) is 9.59 Å². The minimum Gasteiger partial charge on any atom is -0.481 e. The number of ketones is 1. The number of alkyl carbamates (subject to hydrolysis) is 1. The second-order valence-corrected chi connectivity index (χ2v) is 18.2. The molecule has 23 nitrogen and oxygen atoms in total. The molecule has 1 aromatic rings. The highest BCUT2D eigenvalue weighted by molar-refractivity contribution is 6.35. The molecule has 7 amide bonds. The van der Waals surface area contributed by atoms with Gasteiger partial charge in [-0.15, -0.1) is 0 Å². The zero-order chi connectivity index (χ0) is 53.4. The van der Waals surface area contributed by atoms with Gasteiger partial charge in [0, 0.05) is 45.3 Å². The van der Waals surface area contributed by atoms with Crippen LogP contribution in [0.25, 0.3) is 0 Å².